The van der Waals surface area contributed by atoms with Crippen molar-refractivity contribution in [3.8, 4) is 22.9 Å². The van der Waals surface area contributed by atoms with E-state index in [0.717, 1.165) is 24.3 Å². The highest BCUT2D eigenvalue weighted by Gasteiger charge is 2.36. The topological polar surface area (TPSA) is 33.0 Å². The molecule has 0 saturated heterocycles. The molecule has 0 bridgehead atoms. The normalized spacial score (nSPS) is 17.9. The molecule has 0 aliphatic heterocycles. The molecule has 0 radical (unpaired) electrons. The van der Waals surface area contributed by atoms with Gasteiger partial charge in [0.25, 0.3) is 0 Å². The third-order valence-electron chi connectivity index (χ3n) is 6.97. The van der Waals surface area contributed by atoms with Crippen molar-refractivity contribution in [1.82, 2.24) is 0 Å². The van der Waals surface area contributed by atoms with Crippen LogP contribution in [0.5, 0.6) is 5.75 Å². The fraction of sp³-hybridized carbons (Fsp3) is 0.345. The van der Waals surface area contributed by atoms with Gasteiger partial charge in [0.05, 0.1) is 11.1 Å². The van der Waals surface area contributed by atoms with Crippen molar-refractivity contribution in [1.29, 1.82) is 5.26 Å². The van der Waals surface area contributed by atoms with Gasteiger partial charge < -0.3 is 4.74 Å². The first kappa shape index (κ1) is 26.6. The molecule has 194 valence electrons. The summed E-state index contributed by atoms with van der Waals surface area (Å²) in [6.07, 6.45) is 2.64. The van der Waals surface area contributed by atoms with Crippen LogP contribution in [0.2, 0.25) is 0 Å². The number of aryl methyl sites for hydroxylation is 1. The number of hydrogen-bond donors (Lipinski definition) is 0. The van der Waals surface area contributed by atoms with E-state index < -0.39 is 51.6 Å². The molecule has 0 amide bonds. The van der Waals surface area contributed by atoms with Crippen LogP contribution in [0.25, 0.3) is 11.1 Å². The summed E-state index contributed by atoms with van der Waals surface area (Å²) in [5.41, 5.74) is -2.51. The van der Waals surface area contributed by atoms with Crippen molar-refractivity contribution in [3.05, 3.63) is 88.5 Å². The van der Waals surface area contributed by atoms with Gasteiger partial charge >= 0.3 is 6.11 Å². The molecule has 0 atom stereocenters. The highest BCUT2D eigenvalue weighted by molar-refractivity contribution is 5.66. The molecule has 1 aliphatic carbocycles. The Kier molecular flexibility index (Phi) is 7.82. The number of nitriles is 1. The minimum atomic E-state index is -4.08. The second-order valence-electron chi connectivity index (χ2n) is 9.67. The number of halogens is 6. The van der Waals surface area contributed by atoms with Crippen LogP contribution in [0.15, 0.2) is 48.5 Å². The van der Waals surface area contributed by atoms with E-state index in [-0.39, 0.29) is 5.75 Å². The van der Waals surface area contributed by atoms with E-state index in [4.69, 9.17) is 10.00 Å². The zero-order valence-corrected chi connectivity index (χ0v) is 20.1. The summed E-state index contributed by atoms with van der Waals surface area (Å²) in [7, 11) is 0. The Hall–Kier alpha value is -3.47. The Morgan fingerprint density at radius 2 is 1.43 bits per heavy atom. The predicted molar refractivity (Wildman–Crippen MR) is 127 cm³/mol. The SMILES string of the molecule is CC1CCC(CCc2ccc(OC(F)(F)c3cc(F)c(-c4cc(F)c(C#N)c(F)c4)c(F)c3)cc2)CC1. The maximum atomic E-state index is 14.8. The second kappa shape index (κ2) is 10.9. The molecule has 2 nitrogen and oxygen atoms in total. The molecule has 0 heterocycles. The van der Waals surface area contributed by atoms with Crippen molar-refractivity contribution >= 4 is 0 Å². The summed E-state index contributed by atoms with van der Waals surface area (Å²) >= 11 is 0. The Morgan fingerprint density at radius 1 is 0.865 bits per heavy atom. The fourth-order valence-electron chi connectivity index (χ4n) is 4.76. The van der Waals surface area contributed by atoms with E-state index in [1.807, 2.05) is 0 Å². The van der Waals surface area contributed by atoms with Gasteiger partial charge in [-0.1, -0.05) is 44.7 Å². The molecule has 0 aromatic heterocycles. The lowest BCUT2D eigenvalue weighted by Gasteiger charge is -2.26. The van der Waals surface area contributed by atoms with Crippen LogP contribution in [-0.2, 0) is 12.5 Å². The average molecular weight is 518 g/mol. The first-order chi connectivity index (χ1) is 17.6. The molecule has 8 heteroatoms. The summed E-state index contributed by atoms with van der Waals surface area (Å²) in [6.45, 7) is 2.26. The number of nitrogens with zero attached hydrogens (tertiary/aromatic N) is 1. The van der Waals surface area contributed by atoms with Gasteiger partial charge in [-0.2, -0.15) is 14.0 Å². The molecular weight excluding hydrogens is 492 g/mol. The zero-order valence-electron chi connectivity index (χ0n) is 20.1. The predicted octanol–water partition coefficient (Wildman–Crippen LogP) is 8.67. The van der Waals surface area contributed by atoms with Crippen LogP contribution in [0.3, 0.4) is 0 Å². The summed E-state index contributed by atoms with van der Waals surface area (Å²) in [5.74, 6) is -4.32. The van der Waals surface area contributed by atoms with E-state index >= 15 is 0 Å². The number of hydrogen-bond acceptors (Lipinski definition) is 2. The van der Waals surface area contributed by atoms with Crippen LogP contribution in [-0.4, -0.2) is 0 Å². The van der Waals surface area contributed by atoms with Crippen LogP contribution in [0.4, 0.5) is 26.3 Å². The van der Waals surface area contributed by atoms with Crippen LogP contribution < -0.4 is 4.74 Å². The van der Waals surface area contributed by atoms with E-state index in [1.54, 1.807) is 12.1 Å². The lowest BCUT2D eigenvalue weighted by Crippen LogP contribution is -2.22. The molecule has 37 heavy (non-hydrogen) atoms. The molecule has 1 saturated carbocycles. The Morgan fingerprint density at radius 3 is 1.97 bits per heavy atom. The molecule has 0 unspecified atom stereocenters. The van der Waals surface area contributed by atoms with Crippen molar-refractivity contribution in [2.45, 2.75) is 51.6 Å². The fourth-order valence-corrected chi connectivity index (χ4v) is 4.76. The van der Waals surface area contributed by atoms with Gasteiger partial charge in [0.1, 0.15) is 40.7 Å². The smallest absolute Gasteiger partial charge is 0.426 e. The van der Waals surface area contributed by atoms with Crippen molar-refractivity contribution in [2.24, 2.45) is 11.8 Å². The first-order valence-corrected chi connectivity index (χ1v) is 12.1. The summed E-state index contributed by atoms with van der Waals surface area (Å²) in [6, 6.07) is 9.28. The second-order valence-corrected chi connectivity index (χ2v) is 9.67. The quantitative estimate of drug-likeness (QED) is 0.294. The molecule has 0 N–H and O–H groups in total. The van der Waals surface area contributed by atoms with Crippen LogP contribution >= 0.6 is 0 Å². The standard InChI is InChI=1S/C29H25F6NO/c1-17-2-4-18(5-3-17)6-7-19-8-10-22(11-9-19)37-29(34,35)21-14-26(32)28(27(33)15-21)20-12-24(30)23(16-36)25(31)13-20/h8-15,17-18H,2-7H2,1H3. The van der Waals surface area contributed by atoms with E-state index in [2.05, 4.69) is 6.92 Å². The molecule has 3 aromatic rings. The third kappa shape index (κ3) is 6.10. The highest BCUT2D eigenvalue weighted by Crippen LogP contribution is 2.37. The van der Waals surface area contributed by atoms with Gasteiger partial charge in [0, 0.05) is 0 Å². The van der Waals surface area contributed by atoms with Crippen molar-refractivity contribution in [2.75, 3.05) is 0 Å². The van der Waals surface area contributed by atoms with Crippen LogP contribution in [0.1, 0.15) is 55.7 Å². The number of benzene rings is 3. The molecule has 1 aliphatic rings. The van der Waals surface area contributed by atoms with Crippen molar-refractivity contribution < 1.29 is 31.1 Å². The number of rotatable bonds is 7. The van der Waals surface area contributed by atoms with Gasteiger partial charge in [-0.15, -0.1) is 0 Å². The van der Waals surface area contributed by atoms with Gasteiger partial charge in [0.2, 0.25) is 0 Å². The minimum Gasteiger partial charge on any atom is -0.429 e. The lowest BCUT2D eigenvalue weighted by atomic mass is 9.80. The van der Waals surface area contributed by atoms with Crippen molar-refractivity contribution in [3.63, 3.8) is 0 Å². The monoisotopic (exact) mass is 517 g/mol. The van der Waals surface area contributed by atoms with Gasteiger partial charge in [-0.25, -0.2) is 17.6 Å². The maximum Gasteiger partial charge on any atom is 0.426 e. The molecule has 0 spiro atoms. The van der Waals surface area contributed by atoms with Gasteiger partial charge in [0.15, 0.2) is 0 Å². The molecule has 4 rings (SSSR count). The van der Waals surface area contributed by atoms with Gasteiger partial charge in [-0.3, -0.25) is 0 Å². The largest absolute Gasteiger partial charge is 0.429 e. The zero-order chi connectivity index (χ0) is 26.7. The Balaban J connectivity index is 1.47. The third-order valence-corrected chi connectivity index (χ3v) is 6.97. The lowest BCUT2D eigenvalue weighted by molar-refractivity contribution is -0.185. The summed E-state index contributed by atoms with van der Waals surface area (Å²) < 4.78 is 91.5. The maximum absolute atomic E-state index is 14.8. The van der Waals surface area contributed by atoms with E-state index in [9.17, 15) is 26.3 Å². The molecule has 1 fully saturated rings. The van der Waals surface area contributed by atoms with E-state index in [0.29, 0.717) is 30.2 Å². The number of alkyl halides is 2. The summed E-state index contributed by atoms with van der Waals surface area (Å²) in [4.78, 5) is 0. The first-order valence-electron chi connectivity index (χ1n) is 12.1. The Bertz CT molecular complexity index is 1260. The molecular formula is C29H25F6NO. The van der Waals surface area contributed by atoms with Crippen LogP contribution in [0, 0.1) is 46.4 Å². The van der Waals surface area contributed by atoms with E-state index in [1.165, 1.54) is 43.9 Å². The van der Waals surface area contributed by atoms with Gasteiger partial charge in [-0.05, 0) is 72.2 Å². The number of ether oxygens (including phenoxy) is 1. The average Bonchev–Trinajstić information content (AvgIpc) is 2.84. The Labute approximate surface area is 211 Å². The minimum absolute atomic E-state index is 0.179. The molecule has 3 aromatic carbocycles. The summed E-state index contributed by atoms with van der Waals surface area (Å²) in [5, 5.41) is 8.75. The highest BCUT2D eigenvalue weighted by atomic mass is 19.3.